The second-order valence-electron chi connectivity index (χ2n) is 7.74. The maximum absolute atomic E-state index is 14.0. The molecule has 1 amide bonds. The molecule has 8 nitrogen and oxygen atoms in total. The van der Waals surface area contributed by atoms with Crippen LogP contribution in [0.5, 0.6) is 17.2 Å². The van der Waals surface area contributed by atoms with Crippen molar-refractivity contribution < 1.29 is 32.2 Å². The summed E-state index contributed by atoms with van der Waals surface area (Å²) in [5, 5.41) is 9.33. The number of carbonyl (C=O) groups excluding carboxylic acids is 1. The summed E-state index contributed by atoms with van der Waals surface area (Å²) in [6, 6.07) is 8.73. The third-order valence-corrected chi connectivity index (χ3v) is 6.02. The number of halogens is 4. The lowest BCUT2D eigenvalue weighted by Crippen LogP contribution is -2.35. The third kappa shape index (κ3) is 3.96. The molecule has 2 unspecified atom stereocenters. The number of amides is 1. The van der Waals surface area contributed by atoms with Gasteiger partial charge in [-0.1, -0.05) is 23.7 Å². The molecule has 0 saturated carbocycles. The molecule has 5 rings (SSSR count). The maximum atomic E-state index is 14.0. The number of nitrogens with one attached hydrogen (secondary N) is 2. The second-order valence-corrected chi connectivity index (χ2v) is 8.12. The van der Waals surface area contributed by atoms with Crippen LogP contribution in [0, 0.1) is 0 Å². The molecule has 0 fully saturated rings. The van der Waals surface area contributed by atoms with E-state index in [0.29, 0.717) is 28.5 Å². The van der Waals surface area contributed by atoms with E-state index < -0.39 is 24.2 Å². The molecule has 0 bridgehead atoms. The summed E-state index contributed by atoms with van der Waals surface area (Å²) in [5.41, 5.74) is 0.643. The number of ether oxygens (including phenoxy) is 3. The standard InChI is InChI=1S/C22H18ClF3N4O4/c1-32-13-5-2-11(3-6-13)14-9-17(22(24,25)26)30-20(28-14)18(23)19(29-30)21(31)27-12-4-7-15-16(8-12)34-10-33-15/h2-8,14,17,28H,9-10H2,1H3,(H,27,31). The zero-order chi connectivity index (χ0) is 24.0. The summed E-state index contributed by atoms with van der Waals surface area (Å²) in [6.07, 6.45) is -4.94. The molecule has 0 saturated heterocycles. The Morgan fingerprint density at radius 1 is 1.21 bits per heavy atom. The van der Waals surface area contributed by atoms with Gasteiger partial charge in [0.1, 0.15) is 16.6 Å². The Morgan fingerprint density at radius 2 is 1.94 bits per heavy atom. The van der Waals surface area contributed by atoms with Gasteiger partial charge < -0.3 is 24.8 Å². The molecule has 0 radical (unpaired) electrons. The van der Waals surface area contributed by atoms with Gasteiger partial charge in [-0.2, -0.15) is 18.3 Å². The number of anilines is 2. The molecular weight excluding hydrogens is 477 g/mol. The first-order chi connectivity index (χ1) is 16.2. The van der Waals surface area contributed by atoms with E-state index >= 15 is 0 Å². The molecule has 0 spiro atoms. The number of carbonyl (C=O) groups is 1. The number of nitrogens with zero attached hydrogens (tertiary/aromatic N) is 2. The number of hydrogen-bond acceptors (Lipinski definition) is 6. The number of alkyl halides is 3. The fourth-order valence-electron chi connectivity index (χ4n) is 3.95. The number of fused-ring (bicyclic) bond motifs is 2. The largest absolute Gasteiger partial charge is 0.497 e. The summed E-state index contributed by atoms with van der Waals surface area (Å²) >= 11 is 6.37. The SMILES string of the molecule is COc1ccc(C2CC(C(F)(F)F)n3nc(C(=O)Nc4ccc5c(c4)OCO5)c(Cl)c3N2)cc1. The van der Waals surface area contributed by atoms with Gasteiger partial charge in [0.05, 0.1) is 13.2 Å². The van der Waals surface area contributed by atoms with Gasteiger partial charge in [-0.25, -0.2) is 4.68 Å². The zero-order valence-corrected chi connectivity index (χ0v) is 18.4. The van der Waals surface area contributed by atoms with Gasteiger partial charge in [-0.05, 0) is 29.8 Å². The number of rotatable bonds is 4. The van der Waals surface area contributed by atoms with Crippen LogP contribution in [-0.4, -0.2) is 35.8 Å². The van der Waals surface area contributed by atoms with Crippen LogP contribution in [0.2, 0.25) is 5.02 Å². The van der Waals surface area contributed by atoms with Crippen LogP contribution in [0.4, 0.5) is 24.7 Å². The first-order valence-electron chi connectivity index (χ1n) is 10.2. The summed E-state index contributed by atoms with van der Waals surface area (Å²) in [7, 11) is 1.50. The Morgan fingerprint density at radius 3 is 2.65 bits per heavy atom. The van der Waals surface area contributed by atoms with E-state index in [1.165, 1.54) is 7.11 Å². The lowest BCUT2D eigenvalue weighted by atomic mass is 9.97. The molecule has 1 aromatic heterocycles. The van der Waals surface area contributed by atoms with Crippen LogP contribution in [0.1, 0.15) is 34.6 Å². The minimum absolute atomic E-state index is 0.0617. The first-order valence-corrected chi connectivity index (χ1v) is 10.6. The quantitative estimate of drug-likeness (QED) is 0.519. The Labute approximate surface area is 196 Å². The monoisotopic (exact) mass is 494 g/mol. The van der Waals surface area contributed by atoms with Crippen LogP contribution >= 0.6 is 11.6 Å². The smallest absolute Gasteiger partial charge is 0.410 e. The van der Waals surface area contributed by atoms with Crippen molar-refractivity contribution in [1.82, 2.24) is 9.78 Å². The minimum Gasteiger partial charge on any atom is -0.497 e. The molecule has 2 N–H and O–H groups in total. The van der Waals surface area contributed by atoms with Gasteiger partial charge in [-0.15, -0.1) is 0 Å². The summed E-state index contributed by atoms with van der Waals surface area (Å²) in [5.74, 6) is 0.711. The molecule has 2 aliphatic rings. The number of benzene rings is 2. The van der Waals surface area contributed by atoms with Crippen molar-refractivity contribution in [3.63, 3.8) is 0 Å². The predicted molar refractivity (Wildman–Crippen MR) is 117 cm³/mol. The first kappa shape index (κ1) is 22.2. The van der Waals surface area contributed by atoms with Crippen LogP contribution in [-0.2, 0) is 0 Å². The van der Waals surface area contributed by atoms with E-state index in [4.69, 9.17) is 25.8 Å². The molecular formula is C22H18ClF3N4O4. The average Bonchev–Trinajstić information content (AvgIpc) is 3.42. The molecule has 2 atom stereocenters. The van der Waals surface area contributed by atoms with E-state index in [-0.39, 0.29) is 29.7 Å². The highest BCUT2D eigenvalue weighted by atomic mass is 35.5. The molecule has 0 aliphatic carbocycles. The third-order valence-electron chi connectivity index (χ3n) is 5.66. The topological polar surface area (TPSA) is 86.6 Å². The summed E-state index contributed by atoms with van der Waals surface area (Å²) in [6.45, 7) is 0.0617. The zero-order valence-electron chi connectivity index (χ0n) is 17.6. The van der Waals surface area contributed by atoms with Crippen LogP contribution in [0.25, 0.3) is 0 Å². The minimum atomic E-state index is -4.61. The Bertz CT molecular complexity index is 1250. The molecule has 2 aromatic carbocycles. The normalized spacial score (nSPS) is 18.7. The van der Waals surface area contributed by atoms with E-state index in [2.05, 4.69) is 15.7 Å². The van der Waals surface area contributed by atoms with Gasteiger partial charge in [0.25, 0.3) is 5.91 Å². The van der Waals surface area contributed by atoms with Gasteiger partial charge in [0.15, 0.2) is 23.2 Å². The highest BCUT2D eigenvalue weighted by Gasteiger charge is 2.47. The molecule has 3 aromatic rings. The second kappa shape index (κ2) is 8.32. The van der Waals surface area contributed by atoms with Crippen LogP contribution in [0.15, 0.2) is 42.5 Å². The highest BCUT2D eigenvalue weighted by Crippen LogP contribution is 2.46. The van der Waals surface area contributed by atoms with Crippen molar-refractivity contribution >= 4 is 29.0 Å². The van der Waals surface area contributed by atoms with Crippen molar-refractivity contribution in [2.75, 3.05) is 24.5 Å². The molecule has 178 valence electrons. The number of hydrogen-bond donors (Lipinski definition) is 2. The van der Waals surface area contributed by atoms with Crippen molar-refractivity contribution in [1.29, 1.82) is 0 Å². The lowest BCUT2D eigenvalue weighted by molar-refractivity contribution is -0.173. The Kier molecular flexibility index (Phi) is 5.43. The average molecular weight is 495 g/mol. The van der Waals surface area contributed by atoms with E-state index in [9.17, 15) is 18.0 Å². The van der Waals surface area contributed by atoms with Crippen molar-refractivity contribution in [3.8, 4) is 17.2 Å². The fraction of sp³-hybridized carbons (Fsp3) is 0.273. The van der Waals surface area contributed by atoms with Gasteiger partial charge in [-0.3, -0.25) is 4.79 Å². The number of aromatic nitrogens is 2. The summed E-state index contributed by atoms with van der Waals surface area (Å²) < 4.78 is 58.2. The summed E-state index contributed by atoms with van der Waals surface area (Å²) in [4.78, 5) is 12.9. The van der Waals surface area contributed by atoms with Gasteiger partial charge in [0.2, 0.25) is 6.79 Å². The van der Waals surface area contributed by atoms with E-state index in [0.717, 1.165) is 4.68 Å². The van der Waals surface area contributed by atoms with Crippen LogP contribution < -0.4 is 24.8 Å². The van der Waals surface area contributed by atoms with Gasteiger partial charge in [0, 0.05) is 18.2 Å². The predicted octanol–water partition coefficient (Wildman–Crippen LogP) is 5.19. The van der Waals surface area contributed by atoms with Crippen LogP contribution in [0.3, 0.4) is 0 Å². The van der Waals surface area contributed by atoms with E-state index in [1.807, 2.05) is 0 Å². The molecule has 12 heteroatoms. The van der Waals surface area contributed by atoms with Gasteiger partial charge >= 0.3 is 6.18 Å². The highest BCUT2D eigenvalue weighted by molar-refractivity contribution is 6.36. The lowest BCUT2D eigenvalue weighted by Gasteiger charge is -2.33. The van der Waals surface area contributed by atoms with Crippen molar-refractivity contribution in [2.45, 2.75) is 24.7 Å². The Hall–Kier alpha value is -3.60. The maximum Gasteiger partial charge on any atom is 0.410 e. The molecule has 3 heterocycles. The van der Waals surface area contributed by atoms with Crippen molar-refractivity contribution in [2.24, 2.45) is 0 Å². The number of methoxy groups -OCH3 is 1. The molecule has 34 heavy (non-hydrogen) atoms. The fourth-order valence-corrected chi connectivity index (χ4v) is 4.22. The van der Waals surface area contributed by atoms with Crippen molar-refractivity contribution in [3.05, 3.63) is 58.7 Å². The van der Waals surface area contributed by atoms with E-state index in [1.54, 1.807) is 42.5 Å². The molecule has 2 aliphatic heterocycles. The Balaban J connectivity index is 1.46.